The zero-order valence-corrected chi connectivity index (χ0v) is 12.4. The summed E-state index contributed by atoms with van der Waals surface area (Å²) in [6.07, 6.45) is 8.32. The van der Waals surface area contributed by atoms with Crippen LogP contribution in [0.25, 0.3) is 0 Å². The number of benzene rings is 1. The third-order valence-electron chi connectivity index (χ3n) is 5.77. The van der Waals surface area contributed by atoms with Gasteiger partial charge in [0.2, 0.25) is 5.91 Å². The third kappa shape index (κ3) is 2.13. The van der Waals surface area contributed by atoms with Gasteiger partial charge in [-0.3, -0.25) is 4.79 Å². The minimum Gasteiger partial charge on any atom is -0.371 e. The maximum Gasteiger partial charge on any atom is 0.245 e. The van der Waals surface area contributed by atoms with Crippen molar-refractivity contribution in [3.05, 3.63) is 23.8 Å². The third-order valence-corrected chi connectivity index (χ3v) is 5.77. The van der Waals surface area contributed by atoms with Crippen LogP contribution in [-0.2, 0) is 4.79 Å². The topological polar surface area (TPSA) is 58.4 Å². The van der Waals surface area contributed by atoms with E-state index in [9.17, 15) is 4.79 Å². The van der Waals surface area contributed by atoms with Crippen molar-refractivity contribution in [1.29, 1.82) is 0 Å². The number of amides is 1. The van der Waals surface area contributed by atoms with E-state index in [-0.39, 0.29) is 5.91 Å². The van der Waals surface area contributed by atoms with Crippen LogP contribution in [0.4, 0.5) is 11.4 Å². The second-order valence-electron chi connectivity index (χ2n) is 6.93. The number of hydrogen-bond donors (Lipinski definition) is 2. The Morgan fingerprint density at radius 1 is 1.14 bits per heavy atom. The summed E-state index contributed by atoms with van der Waals surface area (Å²) in [7, 11) is 0. The van der Waals surface area contributed by atoms with Crippen LogP contribution in [0.1, 0.15) is 50.1 Å². The van der Waals surface area contributed by atoms with E-state index in [1.54, 1.807) is 0 Å². The maximum absolute atomic E-state index is 11.6. The molecule has 3 N–H and O–H groups in total. The average Bonchev–Trinajstić information content (AvgIpc) is 3.06. The zero-order valence-electron chi connectivity index (χ0n) is 12.4. The molecule has 4 nitrogen and oxygen atoms in total. The van der Waals surface area contributed by atoms with Crippen molar-refractivity contribution in [2.75, 3.05) is 23.3 Å². The largest absolute Gasteiger partial charge is 0.371 e. The van der Waals surface area contributed by atoms with Crippen molar-refractivity contribution in [3.63, 3.8) is 0 Å². The number of anilines is 2. The van der Waals surface area contributed by atoms with Crippen LogP contribution in [0.5, 0.6) is 0 Å². The van der Waals surface area contributed by atoms with Gasteiger partial charge in [-0.25, -0.2) is 0 Å². The second kappa shape index (κ2) is 4.73. The Balaban J connectivity index is 1.51. The van der Waals surface area contributed by atoms with Crippen LogP contribution in [0.3, 0.4) is 0 Å². The lowest BCUT2D eigenvalue weighted by Gasteiger charge is -2.40. The standard InChI is InChI=1S/C17H23N3O/c18-15-13-4-3-12(11-14(13)19-16(15)21)20-9-7-17(8-10-20)5-1-2-6-17/h3-4,11,15H,1-2,5-10,18H2,(H,19,21). The molecule has 1 spiro atoms. The first-order valence-corrected chi connectivity index (χ1v) is 8.12. The molecular formula is C17H23N3O. The van der Waals surface area contributed by atoms with E-state index >= 15 is 0 Å². The fourth-order valence-electron chi connectivity index (χ4n) is 4.34. The van der Waals surface area contributed by atoms with Gasteiger partial charge in [0.15, 0.2) is 0 Å². The summed E-state index contributed by atoms with van der Waals surface area (Å²) in [6.45, 7) is 2.28. The van der Waals surface area contributed by atoms with Crippen LogP contribution >= 0.6 is 0 Å². The summed E-state index contributed by atoms with van der Waals surface area (Å²) in [5.74, 6) is -0.0919. The fraction of sp³-hybridized carbons (Fsp3) is 0.588. The Bertz CT molecular complexity index is 567. The Labute approximate surface area is 125 Å². The van der Waals surface area contributed by atoms with E-state index in [2.05, 4.69) is 22.3 Å². The molecule has 2 aliphatic heterocycles. The Kier molecular flexibility index (Phi) is 2.96. The number of fused-ring (bicyclic) bond motifs is 1. The smallest absolute Gasteiger partial charge is 0.245 e. The first kappa shape index (κ1) is 13.1. The summed E-state index contributed by atoms with van der Waals surface area (Å²) >= 11 is 0. The van der Waals surface area contributed by atoms with E-state index < -0.39 is 6.04 Å². The van der Waals surface area contributed by atoms with Crippen LogP contribution in [0.2, 0.25) is 0 Å². The van der Waals surface area contributed by atoms with E-state index in [1.807, 2.05) is 6.07 Å². The molecule has 2 fully saturated rings. The summed E-state index contributed by atoms with van der Waals surface area (Å²) in [4.78, 5) is 14.1. The molecule has 0 bridgehead atoms. The molecule has 1 unspecified atom stereocenters. The monoisotopic (exact) mass is 285 g/mol. The molecule has 1 aromatic rings. The van der Waals surface area contributed by atoms with E-state index in [4.69, 9.17) is 5.73 Å². The quantitative estimate of drug-likeness (QED) is 0.834. The van der Waals surface area contributed by atoms with Crippen molar-refractivity contribution in [3.8, 4) is 0 Å². The molecule has 1 saturated carbocycles. The van der Waals surface area contributed by atoms with Crippen molar-refractivity contribution >= 4 is 17.3 Å². The van der Waals surface area contributed by atoms with Gasteiger partial charge in [0.1, 0.15) is 6.04 Å². The van der Waals surface area contributed by atoms with Crippen LogP contribution in [0.15, 0.2) is 18.2 Å². The van der Waals surface area contributed by atoms with Gasteiger partial charge >= 0.3 is 0 Å². The van der Waals surface area contributed by atoms with Gasteiger partial charge in [-0.05, 0) is 43.2 Å². The predicted octanol–water partition coefficient (Wildman–Crippen LogP) is 2.80. The van der Waals surface area contributed by atoms with Crippen LogP contribution in [0, 0.1) is 5.41 Å². The van der Waals surface area contributed by atoms with Crippen molar-refractivity contribution in [1.82, 2.24) is 0 Å². The molecule has 0 radical (unpaired) electrons. The Morgan fingerprint density at radius 3 is 2.57 bits per heavy atom. The number of hydrogen-bond acceptors (Lipinski definition) is 3. The van der Waals surface area contributed by atoms with Gasteiger partial charge in [-0.2, -0.15) is 0 Å². The van der Waals surface area contributed by atoms with Gasteiger partial charge in [0, 0.05) is 30.0 Å². The van der Waals surface area contributed by atoms with E-state index in [0.717, 1.165) is 24.3 Å². The van der Waals surface area contributed by atoms with E-state index in [1.165, 1.54) is 44.2 Å². The van der Waals surface area contributed by atoms with Crippen LogP contribution < -0.4 is 16.0 Å². The van der Waals surface area contributed by atoms with Crippen molar-refractivity contribution < 1.29 is 4.79 Å². The lowest BCUT2D eigenvalue weighted by Crippen LogP contribution is -2.38. The summed E-state index contributed by atoms with van der Waals surface area (Å²) in [5, 5.41) is 2.88. The molecule has 21 heavy (non-hydrogen) atoms. The molecular weight excluding hydrogens is 262 g/mol. The number of carbonyl (C=O) groups excluding carboxylic acids is 1. The number of nitrogens with two attached hydrogens (primary N) is 1. The second-order valence-corrected chi connectivity index (χ2v) is 6.93. The molecule has 2 heterocycles. The molecule has 1 saturated heterocycles. The number of nitrogens with one attached hydrogen (secondary N) is 1. The lowest BCUT2D eigenvalue weighted by molar-refractivity contribution is -0.116. The van der Waals surface area contributed by atoms with E-state index in [0.29, 0.717) is 5.41 Å². The average molecular weight is 285 g/mol. The summed E-state index contributed by atoms with van der Waals surface area (Å²) in [6, 6.07) is 5.71. The molecule has 112 valence electrons. The van der Waals surface area contributed by atoms with Gasteiger partial charge in [-0.15, -0.1) is 0 Å². The number of piperidine rings is 1. The molecule has 3 aliphatic rings. The normalized spacial score (nSPS) is 27.0. The molecule has 1 atom stereocenters. The highest BCUT2D eigenvalue weighted by Crippen LogP contribution is 2.47. The molecule has 4 rings (SSSR count). The van der Waals surface area contributed by atoms with Crippen LogP contribution in [-0.4, -0.2) is 19.0 Å². The number of carbonyl (C=O) groups is 1. The lowest BCUT2D eigenvalue weighted by atomic mass is 9.77. The minimum absolute atomic E-state index is 0.0919. The maximum atomic E-state index is 11.6. The summed E-state index contributed by atoms with van der Waals surface area (Å²) in [5.41, 5.74) is 9.55. The Hall–Kier alpha value is -1.55. The number of nitrogens with zero attached hydrogens (tertiary/aromatic N) is 1. The molecule has 4 heteroatoms. The van der Waals surface area contributed by atoms with Gasteiger partial charge in [-0.1, -0.05) is 18.9 Å². The summed E-state index contributed by atoms with van der Waals surface area (Å²) < 4.78 is 0. The van der Waals surface area contributed by atoms with Crippen molar-refractivity contribution in [2.24, 2.45) is 11.1 Å². The van der Waals surface area contributed by atoms with Crippen molar-refractivity contribution in [2.45, 2.75) is 44.6 Å². The number of rotatable bonds is 1. The van der Waals surface area contributed by atoms with Gasteiger partial charge in [0.05, 0.1) is 0 Å². The molecule has 1 aromatic carbocycles. The predicted molar refractivity (Wildman–Crippen MR) is 84.3 cm³/mol. The highest BCUT2D eigenvalue weighted by atomic mass is 16.2. The molecule has 1 amide bonds. The fourth-order valence-corrected chi connectivity index (χ4v) is 4.34. The zero-order chi connectivity index (χ0) is 14.4. The highest BCUT2D eigenvalue weighted by molar-refractivity contribution is 6.02. The SMILES string of the molecule is NC1C(=O)Nc2cc(N3CCC4(CCCC4)CC3)ccc21. The highest BCUT2D eigenvalue weighted by Gasteiger charge is 2.37. The first-order valence-electron chi connectivity index (χ1n) is 8.12. The van der Waals surface area contributed by atoms with Gasteiger partial charge in [0.25, 0.3) is 0 Å². The first-order chi connectivity index (χ1) is 10.2. The molecule has 1 aliphatic carbocycles. The Morgan fingerprint density at radius 2 is 1.86 bits per heavy atom. The van der Waals surface area contributed by atoms with Gasteiger partial charge < -0.3 is 16.0 Å². The minimum atomic E-state index is -0.503. The molecule has 0 aromatic heterocycles.